The summed E-state index contributed by atoms with van der Waals surface area (Å²) in [6, 6.07) is 6.77. The molecule has 0 aromatic heterocycles. The van der Waals surface area contributed by atoms with Crippen LogP contribution in [0.15, 0.2) is 18.2 Å². The van der Waals surface area contributed by atoms with E-state index in [2.05, 4.69) is 32.0 Å². The zero-order valence-electron chi connectivity index (χ0n) is 8.64. The van der Waals surface area contributed by atoms with Gasteiger partial charge in [-0.05, 0) is 55.2 Å². The van der Waals surface area contributed by atoms with Crippen molar-refractivity contribution in [1.29, 1.82) is 0 Å². The molecule has 0 nitrogen and oxygen atoms in total. The van der Waals surface area contributed by atoms with Crippen molar-refractivity contribution in [3.05, 3.63) is 34.9 Å². The van der Waals surface area contributed by atoms with Gasteiger partial charge in [0.15, 0.2) is 0 Å². The molecule has 0 aliphatic heterocycles. The number of rotatable bonds is 1. The lowest BCUT2D eigenvalue weighted by Gasteiger charge is -2.26. The fourth-order valence-electron chi connectivity index (χ4n) is 2.64. The zero-order chi connectivity index (χ0) is 9.26. The Morgan fingerprint density at radius 2 is 2.23 bits per heavy atom. The highest BCUT2D eigenvalue weighted by Gasteiger charge is 2.19. The third kappa shape index (κ3) is 1.50. The minimum Gasteiger partial charge on any atom is -0.0648 e. The first kappa shape index (κ1) is 8.80. The Balaban J connectivity index is 2.47. The Kier molecular flexibility index (Phi) is 2.39. The maximum Gasteiger partial charge on any atom is -0.0159 e. The molecule has 0 saturated heterocycles. The molecular formula is C13H18. The first-order valence-electron chi connectivity index (χ1n) is 5.41. The summed E-state index contributed by atoms with van der Waals surface area (Å²) >= 11 is 0. The third-order valence-electron chi connectivity index (χ3n) is 3.31. The van der Waals surface area contributed by atoms with Crippen LogP contribution in [0.2, 0.25) is 0 Å². The SMILES string of the molecule is CCC1CCCc2cccc(C)c21. The van der Waals surface area contributed by atoms with Crippen LogP contribution < -0.4 is 0 Å². The molecular weight excluding hydrogens is 156 g/mol. The summed E-state index contributed by atoms with van der Waals surface area (Å²) < 4.78 is 0. The highest BCUT2D eigenvalue weighted by Crippen LogP contribution is 2.35. The van der Waals surface area contributed by atoms with Crippen LogP contribution in [0.4, 0.5) is 0 Å². The Bertz CT molecular complexity index is 299. The molecule has 1 aliphatic carbocycles. The second-order valence-electron chi connectivity index (χ2n) is 4.15. The summed E-state index contributed by atoms with van der Waals surface area (Å²) in [5.41, 5.74) is 4.78. The lowest BCUT2D eigenvalue weighted by Crippen LogP contribution is -2.10. The maximum absolute atomic E-state index is 2.31. The van der Waals surface area contributed by atoms with Gasteiger partial charge in [0.1, 0.15) is 0 Å². The van der Waals surface area contributed by atoms with Gasteiger partial charge in [0, 0.05) is 0 Å². The van der Waals surface area contributed by atoms with Crippen LogP contribution in [0.5, 0.6) is 0 Å². The third-order valence-corrected chi connectivity index (χ3v) is 3.31. The number of fused-ring (bicyclic) bond motifs is 1. The predicted octanol–water partition coefficient (Wildman–Crippen LogP) is 3.82. The fourth-order valence-corrected chi connectivity index (χ4v) is 2.64. The number of hydrogen-bond donors (Lipinski definition) is 0. The Morgan fingerprint density at radius 3 is 3.00 bits per heavy atom. The van der Waals surface area contributed by atoms with E-state index in [0.717, 1.165) is 5.92 Å². The van der Waals surface area contributed by atoms with Gasteiger partial charge in [0.05, 0.1) is 0 Å². The standard InChI is InChI=1S/C13H18/c1-3-11-7-5-9-12-8-4-6-10(2)13(11)12/h4,6,8,11H,3,5,7,9H2,1-2H3. The quantitative estimate of drug-likeness (QED) is 0.607. The van der Waals surface area contributed by atoms with Gasteiger partial charge in [-0.3, -0.25) is 0 Å². The topological polar surface area (TPSA) is 0 Å². The van der Waals surface area contributed by atoms with Crippen molar-refractivity contribution >= 4 is 0 Å². The van der Waals surface area contributed by atoms with E-state index < -0.39 is 0 Å². The van der Waals surface area contributed by atoms with Crippen molar-refractivity contribution in [3.63, 3.8) is 0 Å². The van der Waals surface area contributed by atoms with E-state index in [0.29, 0.717) is 0 Å². The van der Waals surface area contributed by atoms with Gasteiger partial charge >= 0.3 is 0 Å². The predicted molar refractivity (Wildman–Crippen MR) is 57.1 cm³/mol. The largest absolute Gasteiger partial charge is 0.0648 e. The van der Waals surface area contributed by atoms with Gasteiger partial charge in [0.2, 0.25) is 0 Å². The molecule has 1 aromatic carbocycles. The average molecular weight is 174 g/mol. The van der Waals surface area contributed by atoms with Crippen LogP contribution in [-0.2, 0) is 6.42 Å². The van der Waals surface area contributed by atoms with Crippen LogP contribution in [0.3, 0.4) is 0 Å². The Morgan fingerprint density at radius 1 is 1.38 bits per heavy atom. The number of benzene rings is 1. The van der Waals surface area contributed by atoms with E-state index in [-0.39, 0.29) is 0 Å². The first-order chi connectivity index (χ1) is 6.33. The van der Waals surface area contributed by atoms with Crippen molar-refractivity contribution in [2.75, 3.05) is 0 Å². The van der Waals surface area contributed by atoms with Gasteiger partial charge in [-0.15, -0.1) is 0 Å². The molecule has 70 valence electrons. The molecule has 0 spiro atoms. The van der Waals surface area contributed by atoms with E-state index in [1.54, 1.807) is 11.1 Å². The molecule has 0 saturated carbocycles. The van der Waals surface area contributed by atoms with E-state index in [9.17, 15) is 0 Å². The monoisotopic (exact) mass is 174 g/mol. The first-order valence-corrected chi connectivity index (χ1v) is 5.41. The van der Waals surface area contributed by atoms with Crippen LogP contribution >= 0.6 is 0 Å². The molecule has 0 heteroatoms. The van der Waals surface area contributed by atoms with Crippen LogP contribution in [0.25, 0.3) is 0 Å². The summed E-state index contributed by atoms with van der Waals surface area (Å²) in [5.74, 6) is 0.838. The van der Waals surface area contributed by atoms with E-state index in [1.165, 1.54) is 31.2 Å². The molecule has 0 bridgehead atoms. The van der Waals surface area contributed by atoms with E-state index >= 15 is 0 Å². The lowest BCUT2D eigenvalue weighted by atomic mass is 9.79. The molecule has 0 heterocycles. The van der Waals surface area contributed by atoms with Crippen molar-refractivity contribution in [3.8, 4) is 0 Å². The molecule has 1 aromatic rings. The molecule has 1 atom stereocenters. The summed E-state index contributed by atoms with van der Waals surface area (Å²) in [5, 5.41) is 0. The van der Waals surface area contributed by atoms with Crippen LogP contribution in [0, 0.1) is 6.92 Å². The number of aryl methyl sites for hydroxylation is 2. The lowest BCUT2D eigenvalue weighted by molar-refractivity contribution is 0.537. The molecule has 0 radical (unpaired) electrons. The van der Waals surface area contributed by atoms with Crippen molar-refractivity contribution in [2.45, 2.75) is 45.4 Å². The fraction of sp³-hybridized carbons (Fsp3) is 0.538. The highest BCUT2D eigenvalue weighted by atomic mass is 14.2. The maximum atomic E-state index is 2.31. The van der Waals surface area contributed by atoms with Gasteiger partial charge < -0.3 is 0 Å². The molecule has 1 unspecified atom stereocenters. The zero-order valence-corrected chi connectivity index (χ0v) is 8.64. The number of hydrogen-bond acceptors (Lipinski definition) is 0. The molecule has 0 N–H and O–H groups in total. The second-order valence-corrected chi connectivity index (χ2v) is 4.15. The molecule has 0 fully saturated rings. The Hall–Kier alpha value is -0.780. The van der Waals surface area contributed by atoms with Crippen molar-refractivity contribution in [2.24, 2.45) is 0 Å². The summed E-state index contributed by atoms with van der Waals surface area (Å²) in [6.07, 6.45) is 5.38. The van der Waals surface area contributed by atoms with Crippen molar-refractivity contribution in [1.82, 2.24) is 0 Å². The average Bonchev–Trinajstić information content (AvgIpc) is 2.17. The normalized spacial score (nSPS) is 21.2. The van der Waals surface area contributed by atoms with Gasteiger partial charge in [-0.2, -0.15) is 0 Å². The highest BCUT2D eigenvalue weighted by molar-refractivity contribution is 5.38. The minimum atomic E-state index is 0.838. The second kappa shape index (κ2) is 3.53. The van der Waals surface area contributed by atoms with Gasteiger partial charge in [0.25, 0.3) is 0 Å². The summed E-state index contributed by atoms with van der Waals surface area (Å²) in [6.45, 7) is 4.57. The minimum absolute atomic E-state index is 0.838. The summed E-state index contributed by atoms with van der Waals surface area (Å²) in [4.78, 5) is 0. The molecule has 13 heavy (non-hydrogen) atoms. The Labute approximate surface area is 81.0 Å². The van der Waals surface area contributed by atoms with E-state index in [1.807, 2.05) is 0 Å². The van der Waals surface area contributed by atoms with Gasteiger partial charge in [-0.1, -0.05) is 25.1 Å². The van der Waals surface area contributed by atoms with Crippen LogP contribution in [-0.4, -0.2) is 0 Å². The molecule has 2 rings (SSSR count). The molecule has 0 amide bonds. The van der Waals surface area contributed by atoms with Gasteiger partial charge in [-0.25, -0.2) is 0 Å². The smallest absolute Gasteiger partial charge is 0.0159 e. The van der Waals surface area contributed by atoms with E-state index in [4.69, 9.17) is 0 Å². The summed E-state index contributed by atoms with van der Waals surface area (Å²) in [7, 11) is 0. The van der Waals surface area contributed by atoms with Crippen LogP contribution in [0.1, 0.15) is 48.8 Å². The molecule has 1 aliphatic rings. The van der Waals surface area contributed by atoms with Crippen molar-refractivity contribution < 1.29 is 0 Å².